The number of aryl methyl sites for hydroxylation is 4. The Balaban J connectivity index is 2.14. The number of hydrogen-bond donors (Lipinski definition) is 2. The van der Waals surface area contributed by atoms with E-state index >= 15 is 0 Å². The number of aromatic amines is 1. The number of nitrogens with two attached hydrogens (primary N) is 1. The monoisotopic (exact) mass is 257 g/mol. The van der Waals surface area contributed by atoms with Crippen LogP contribution in [-0.2, 0) is 19.4 Å². The fraction of sp³-hybridized carbons (Fsp3) is 0.333. The first-order chi connectivity index (χ1) is 9.10. The number of rotatable bonds is 4. The number of nitrogens with one attached hydrogen (secondary N) is 1. The van der Waals surface area contributed by atoms with Gasteiger partial charge in [0, 0.05) is 18.7 Å². The molecule has 0 amide bonds. The minimum absolute atomic E-state index is 0.116. The summed E-state index contributed by atoms with van der Waals surface area (Å²) in [6.07, 6.45) is 1.59. The summed E-state index contributed by atoms with van der Waals surface area (Å²) in [5, 5.41) is 0. The summed E-state index contributed by atoms with van der Waals surface area (Å²) < 4.78 is 0. The van der Waals surface area contributed by atoms with Crippen LogP contribution in [0.3, 0.4) is 0 Å². The fourth-order valence-electron chi connectivity index (χ4n) is 2.16. The van der Waals surface area contributed by atoms with Crippen LogP contribution in [0.1, 0.15) is 28.2 Å². The van der Waals surface area contributed by atoms with Gasteiger partial charge in [-0.1, -0.05) is 29.8 Å². The van der Waals surface area contributed by atoms with Crippen LogP contribution < -0.4 is 11.3 Å². The molecule has 0 atom stereocenters. The van der Waals surface area contributed by atoms with Gasteiger partial charge in [-0.2, -0.15) is 0 Å². The van der Waals surface area contributed by atoms with Crippen molar-refractivity contribution in [2.45, 2.75) is 33.2 Å². The molecule has 1 heterocycles. The second-order valence-electron chi connectivity index (χ2n) is 4.77. The molecule has 0 aliphatic carbocycles. The number of H-pyrrole nitrogens is 1. The van der Waals surface area contributed by atoms with E-state index < -0.39 is 0 Å². The molecule has 0 aliphatic rings. The molecule has 3 N–H and O–H groups in total. The largest absolute Gasteiger partial charge is 0.326 e. The highest BCUT2D eigenvalue weighted by Gasteiger charge is 2.06. The van der Waals surface area contributed by atoms with Crippen molar-refractivity contribution in [2.75, 3.05) is 0 Å². The Morgan fingerprint density at radius 1 is 1.26 bits per heavy atom. The Kier molecular flexibility index (Phi) is 4.12. The molecule has 0 saturated heterocycles. The Hall–Kier alpha value is -1.94. The minimum Gasteiger partial charge on any atom is -0.326 e. The zero-order valence-corrected chi connectivity index (χ0v) is 11.4. The number of benzene rings is 1. The standard InChI is InChI=1S/C15H19N3O/c1-10-4-3-5-12(8-10)6-7-14-17-11(2)13(9-16)15(19)18-14/h3-5,8H,6-7,9,16H2,1-2H3,(H,17,18,19). The molecule has 0 saturated carbocycles. The third-order valence-corrected chi connectivity index (χ3v) is 3.21. The average molecular weight is 257 g/mol. The van der Waals surface area contributed by atoms with E-state index in [0.29, 0.717) is 5.56 Å². The van der Waals surface area contributed by atoms with Crippen LogP contribution in [0.25, 0.3) is 0 Å². The molecule has 0 bridgehead atoms. The van der Waals surface area contributed by atoms with Gasteiger partial charge in [0.25, 0.3) is 5.56 Å². The molecule has 2 rings (SSSR count). The van der Waals surface area contributed by atoms with Crippen LogP contribution in [-0.4, -0.2) is 9.97 Å². The predicted octanol–water partition coefficient (Wildman–Crippen LogP) is 1.63. The normalized spacial score (nSPS) is 10.7. The molecule has 0 radical (unpaired) electrons. The van der Waals surface area contributed by atoms with E-state index in [1.807, 2.05) is 13.0 Å². The highest BCUT2D eigenvalue weighted by atomic mass is 16.1. The van der Waals surface area contributed by atoms with Crippen molar-refractivity contribution in [3.8, 4) is 0 Å². The van der Waals surface area contributed by atoms with Crippen LogP contribution in [0.2, 0.25) is 0 Å². The van der Waals surface area contributed by atoms with Gasteiger partial charge in [0.15, 0.2) is 0 Å². The van der Waals surface area contributed by atoms with Crippen LogP contribution in [0.4, 0.5) is 0 Å². The highest BCUT2D eigenvalue weighted by molar-refractivity contribution is 5.23. The zero-order valence-electron chi connectivity index (χ0n) is 11.4. The lowest BCUT2D eigenvalue weighted by Gasteiger charge is -2.06. The molecule has 0 spiro atoms. The Bertz CT molecular complexity index is 632. The van der Waals surface area contributed by atoms with Crippen LogP contribution in [0.15, 0.2) is 29.1 Å². The van der Waals surface area contributed by atoms with E-state index in [1.165, 1.54) is 11.1 Å². The van der Waals surface area contributed by atoms with Gasteiger partial charge in [-0.05, 0) is 25.8 Å². The topological polar surface area (TPSA) is 71.8 Å². The van der Waals surface area contributed by atoms with Gasteiger partial charge in [-0.3, -0.25) is 4.79 Å². The Labute approximate surface area is 112 Å². The molecule has 4 nitrogen and oxygen atoms in total. The first-order valence-electron chi connectivity index (χ1n) is 6.44. The van der Waals surface area contributed by atoms with Crippen molar-refractivity contribution in [3.05, 3.63) is 62.8 Å². The molecule has 0 fully saturated rings. The number of aromatic nitrogens is 2. The Morgan fingerprint density at radius 2 is 2.05 bits per heavy atom. The molecule has 100 valence electrons. The molecule has 4 heteroatoms. The molecular weight excluding hydrogens is 238 g/mol. The third-order valence-electron chi connectivity index (χ3n) is 3.21. The molecule has 1 aromatic carbocycles. The Morgan fingerprint density at radius 3 is 2.68 bits per heavy atom. The summed E-state index contributed by atoms with van der Waals surface area (Å²) in [5.74, 6) is 0.723. The van der Waals surface area contributed by atoms with Crippen LogP contribution in [0, 0.1) is 13.8 Å². The summed E-state index contributed by atoms with van der Waals surface area (Å²) in [4.78, 5) is 19.0. The molecule has 19 heavy (non-hydrogen) atoms. The van der Waals surface area contributed by atoms with Gasteiger partial charge in [0.1, 0.15) is 5.82 Å². The maximum Gasteiger partial charge on any atom is 0.255 e. The smallest absolute Gasteiger partial charge is 0.255 e. The van der Waals surface area contributed by atoms with E-state index in [-0.39, 0.29) is 12.1 Å². The van der Waals surface area contributed by atoms with E-state index in [2.05, 4.69) is 35.1 Å². The van der Waals surface area contributed by atoms with Crippen molar-refractivity contribution in [1.82, 2.24) is 9.97 Å². The van der Waals surface area contributed by atoms with Gasteiger partial charge in [-0.15, -0.1) is 0 Å². The number of hydrogen-bond acceptors (Lipinski definition) is 3. The van der Waals surface area contributed by atoms with Crippen LogP contribution in [0.5, 0.6) is 0 Å². The lowest BCUT2D eigenvalue weighted by molar-refractivity contribution is 0.812. The van der Waals surface area contributed by atoms with Crippen molar-refractivity contribution in [2.24, 2.45) is 5.73 Å². The lowest BCUT2D eigenvalue weighted by Crippen LogP contribution is -2.21. The van der Waals surface area contributed by atoms with Gasteiger partial charge < -0.3 is 10.7 Å². The first-order valence-corrected chi connectivity index (χ1v) is 6.44. The summed E-state index contributed by atoms with van der Waals surface area (Å²) in [6, 6.07) is 8.36. The molecule has 0 unspecified atom stereocenters. The maximum absolute atomic E-state index is 11.8. The van der Waals surface area contributed by atoms with Crippen molar-refractivity contribution < 1.29 is 0 Å². The predicted molar refractivity (Wildman–Crippen MR) is 76.1 cm³/mol. The van der Waals surface area contributed by atoms with E-state index in [9.17, 15) is 4.79 Å². The summed E-state index contributed by atoms with van der Waals surface area (Å²) in [5.41, 5.74) is 9.20. The lowest BCUT2D eigenvalue weighted by atomic mass is 10.1. The van der Waals surface area contributed by atoms with Gasteiger partial charge >= 0.3 is 0 Å². The van der Waals surface area contributed by atoms with Crippen molar-refractivity contribution in [3.63, 3.8) is 0 Å². The quantitative estimate of drug-likeness (QED) is 0.874. The molecular formula is C15H19N3O. The second-order valence-corrected chi connectivity index (χ2v) is 4.77. The second kappa shape index (κ2) is 5.80. The van der Waals surface area contributed by atoms with Crippen LogP contribution >= 0.6 is 0 Å². The maximum atomic E-state index is 11.8. The highest BCUT2D eigenvalue weighted by Crippen LogP contribution is 2.07. The minimum atomic E-state index is -0.116. The van der Waals surface area contributed by atoms with E-state index in [0.717, 1.165) is 24.4 Å². The summed E-state index contributed by atoms with van der Waals surface area (Å²) in [7, 11) is 0. The number of nitrogens with zero attached hydrogens (tertiary/aromatic N) is 1. The SMILES string of the molecule is Cc1cccc(CCc2nc(C)c(CN)c(=O)[nH]2)c1. The summed E-state index contributed by atoms with van der Waals surface area (Å²) >= 11 is 0. The van der Waals surface area contributed by atoms with E-state index in [1.54, 1.807) is 0 Å². The van der Waals surface area contributed by atoms with Gasteiger partial charge in [0.05, 0.1) is 5.56 Å². The van der Waals surface area contributed by atoms with Gasteiger partial charge in [0.2, 0.25) is 0 Å². The first kappa shape index (κ1) is 13.5. The average Bonchev–Trinajstić information content (AvgIpc) is 2.36. The van der Waals surface area contributed by atoms with Gasteiger partial charge in [-0.25, -0.2) is 4.98 Å². The molecule has 0 aliphatic heterocycles. The third kappa shape index (κ3) is 3.29. The molecule has 1 aromatic heterocycles. The summed E-state index contributed by atoms with van der Waals surface area (Å²) in [6.45, 7) is 4.13. The van der Waals surface area contributed by atoms with Crippen molar-refractivity contribution in [1.29, 1.82) is 0 Å². The molecule has 2 aromatic rings. The fourth-order valence-corrected chi connectivity index (χ4v) is 2.16. The zero-order chi connectivity index (χ0) is 13.8. The van der Waals surface area contributed by atoms with Crippen molar-refractivity contribution >= 4 is 0 Å². The van der Waals surface area contributed by atoms with E-state index in [4.69, 9.17) is 5.73 Å².